The molecule has 0 aromatic heterocycles. The van der Waals surface area contributed by atoms with Gasteiger partial charge in [0.05, 0.1) is 0 Å². The normalized spacial score (nSPS) is 18.7. The van der Waals surface area contributed by atoms with Gasteiger partial charge in [-0.05, 0) is 62.9 Å². The van der Waals surface area contributed by atoms with Gasteiger partial charge in [-0.2, -0.15) is 0 Å². The van der Waals surface area contributed by atoms with Crippen molar-refractivity contribution in [2.75, 3.05) is 6.54 Å². The van der Waals surface area contributed by atoms with Crippen LogP contribution in [0.25, 0.3) is 0 Å². The van der Waals surface area contributed by atoms with E-state index in [0.717, 1.165) is 11.1 Å². The average molecular weight is 397 g/mol. The van der Waals surface area contributed by atoms with E-state index >= 15 is 0 Å². The zero-order valence-corrected chi connectivity index (χ0v) is 17.3. The molecule has 6 nitrogen and oxygen atoms in total. The van der Waals surface area contributed by atoms with E-state index < -0.39 is 23.2 Å². The lowest BCUT2D eigenvalue weighted by Crippen LogP contribution is -2.57. The van der Waals surface area contributed by atoms with Gasteiger partial charge in [0.1, 0.15) is 18.0 Å². The van der Waals surface area contributed by atoms with Gasteiger partial charge in [-0.25, -0.2) is 9.59 Å². The second-order valence-corrected chi connectivity index (χ2v) is 8.35. The molecular weight excluding hydrogens is 370 g/mol. The number of ether oxygens (including phenoxy) is 2. The molecule has 154 valence electrons. The first-order valence-corrected chi connectivity index (χ1v) is 9.65. The molecule has 0 radical (unpaired) electrons. The van der Waals surface area contributed by atoms with Gasteiger partial charge >= 0.3 is 12.1 Å². The standard InChI is InChI=1S/C23H27NO5/c1-22(2,3)29-21(27)24-13-12-17-14-18(28-15-16-8-6-5-7-9-16)10-11-19(17)23(24,4)20(25)26/h5-11,14H,12-13,15H2,1-4H3,(H,25,26). The second-order valence-electron chi connectivity index (χ2n) is 8.35. The van der Waals surface area contributed by atoms with Crippen molar-refractivity contribution in [3.63, 3.8) is 0 Å². The Balaban J connectivity index is 1.86. The highest BCUT2D eigenvalue weighted by Gasteiger charge is 2.49. The first-order valence-electron chi connectivity index (χ1n) is 9.65. The molecule has 1 heterocycles. The maximum atomic E-state index is 12.7. The number of carbonyl (C=O) groups excluding carboxylic acids is 1. The van der Waals surface area contributed by atoms with E-state index in [4.69, 9.17) is 9.47 Å². The molecule has 6 heteroatoms. The number of fused-ring (bicyclic) bond motifs is 1. The molecule has 2 aromatic carbocycles. The fourth-order valence-electron chi connectivity index (χ4n) is 3.51. The van der Waals surface area contributed by atoms with E-state index in [9.17, 15) is 14.7 Å². The number of rotatable bonds is 4. The van der Waals surface area contributed by atoms with Gasteiger partial charge in [0.25, 0.3) is 0 Å². The van der Waals surface area contributed by atoms with Gasteiger partial charge in [0.2, 0.25) is 0 Å². The number of carboxylic acids is 1. The van der Waals surface area contributed by atoms with E-state index in [0.29, 0.717) is 24.3 Å². The first-order chi connectivity index (χ1) is 13.6. The molecule has 1 amide bonds. The Kier molecular flexibility index (Phi) is 5.55. The summed E-state index contributed by atoms with van der Waals surface area (Å²) >= 11 is 0. The van der Waals surface area contributed by atoms with Crippen LogP contribution in [0, 0.1) is 0 Å². The molecule has 2 aromatic rings. The predicted octanol–water partition coefficient (Wildman–Crippen LogP) is 4.36. The molecule has 1 N–H and O–H groups in total. The average Bonchev–Trinajstić information content (AvgIpc) is 2.65. The van der Waals surface area contributed by atoms with Crippen molar-refractivity contribution in [3.05, 3.63) is 65.2 Å². The van der Waals surface area contributed by atoms with E-state index in [-0.39, 0.29) is 6.54 Å². The molecule has 0 saturated carbocycles. The third-order valence-electron chi connectivity index (χ3n) is 5.02. The lowest BCUT2D eigenvalue weighted by atomic mass is 9.82. The monoisotopic (exact) mass is 397 g/mol. The van der Waals surface area contributed by atoms with Gasteiger partial charge < -0.3 is 14.6 Å². The largest absolute Gasteiger partial charge is 0.489 e. The van der Waals surface area contributed by atoms with E-state index in [1.165, 1.54) is 4.90 Å². The number of hydrogen-bond acceptors (Lipinski definition) is 4. The molecule has 0 aliphatic carbocycles. The van der Waals surface area contributed by atoms with E-state index in [1.807, 2.05) is 36.4 Å². The number of nitrogens with zero attached hydrogens (tertiary/aromatic N) is 1. The molecule has 0 saturated heterocycles. The molecule has 3 rings (SSSR count). The minimum Gasteiger partial charge on any atom is -0.489 e. The van der Waals surface area contributed by atoms with Crippen molar-refractivity contribution in [2.24, 2.45) is 0 Å². The molecule has 1 aliphatic rings. The van der Waals surface area contributed by atoms with Crippen molar-refractivity contribution in [3.8, 4) is 5.75 Å². The molecule has 0 bridgehead atoms. The summed E-state index contributed by atoms with van der Waals surface area (Å²) in [6.45, 7) is 7.51. The van der Waals surface area contributed by atoms with E-state index in [2.05, 4.69) is 0 Å². The van der Waals surface area contributed by atoms with E-state index in [1.54, 1.807) is 39.8 Å². The van der Waals surface area contributed by atoms with Crippen LogP contribution in [0.3, 0.4) is 0 Å². The number of amides is 1. The topological polar surface area (TPSA) is 76.1 Å². The van der Waals surface area contributed by atoms with Gasteiger partial charge in [0, 0.05) is 6.54 Å². The molecule has 1 unspecified atom stereocenters. The quantitative estimate of drug-likeness (QED) is 0.830. The van der Waals surface area contributed by atoms with Crippen LogP contribution >= 0.6 is 0 Å². The van der Waals surface area contributed by atoms with Crippen LogP contribution in [0.5, 0.6) is 5.75 Å². The van der Waals surface area contributed by atoms with Crippen LogP contribution in [0.15, 0.2) is 48.5 Å². The predicted molar refractivity (Wildman–Crippen MR) is 109 cm³/mol. The second kappa shape index (κ2) is 7.78. The highest BCUT2D eigenvalue weighted by Crippen LogP contribution is 2.38. The number of hydrogen-bond donors (Lipinski definition) is 1. The Bertz CT molecular complexity index is 903. The Morgan fingerprint density at radius 2 is 1.83 bits per heavy atom. The highest BCUT2D eigenvalue weighted by atomic mass is 16.6. The Labute approximate surface area is 171 Å². The molecule has 0 fully saturated rings. The summed E-state index contributed by atoms with van der Waals surface area (Å²) in [5, 5.41) is 10.0. The smallest absolute Gasteiger partial charge is 0.411 e. The minimum absolute atomic E-state index is 0.257. The summed E-state index contributed by atoms with van der Waals surface area (Å²) in [6.07, 6.45) is -0.0996. The molecule has 1 aliphatic heterocycles. The lowest BCUT2D eigenvalue weighted by Gasteiger charge is -2.43. The van der Waals surface area contributed by atoms with Crippen LogP contribution < -0.4 is 4.74 Å². The van der Waals surface area contributed by atoms with Gasteiger partial charge in [-0.3, -0.25) is 4.90 Å². The van der Waals surface area contributed by atoms with Gasteiger partial charge in [-0.15, -0.1) is 0 Å². The number of aliphatic carboxylic acids is 1. The zero-order chi connectivity index (χ0) is 21.2. The van der Waals surface area contributed by atoms with Crippen LogP contribution in [0.4, 0.5) is 4.79 Å². The summed E-state index contributed by atoms with van der Waals surface area (Å²) in [6, 6.07) is 15.2. The summed E-state index contributed by atoms with van der Waals surface area (Å²) in [4.78, 5) is 26.2. The third kappa shape index (κ3) is 4.36. The fourth-order valence-corrected chi connectivity index (χ4v) is 3.51. The maximum absolute atomic E-state index is 12.7. The number of carboxylic acid groups (broad SMARTS) is 1. The maximum Gasteiger partial charge on any atom is 0.411 e. The van der Waals surface area contributed by atoms with Crippen molar-refractivity contribution in [1.29, 1.82) is 0 Å². The molecule has 0 spiro atoms. The molecular formula is C23H27NO5. The van der Waals surface area contributed by atoms with Crippen LogP contribution in [-0.2, 0) is 28.1 Å². The zero-order valence-electron chi connectivity index (χ0n) is 17.3. The molecule has 1 atom stereocenters. The first kappa shape index (κ1) is 20.7. The van der Waals surface area contributed by atoms with Crippen molar-refractivity contribution < 1.29 is 24.2 Å². The van der Waals surface area contributed by atoms with Gasteiger partial charge in [-0.1, -0.05) is 36.4 Å². The Hall–Kier alpha value is -3.02. The van der Waals surface area contributed by atoms with Crippen LogP contribution in [0.2, 0.25) is 0 Å². The van der Waals surface area contributed by atoms with Crippen molar-refractivity contribution >= 4 is 12.1 Å². The fraction of sp³-hybridized carbons (Fsp3) is 0.391. The SMILES string of the molecule is CC(C)(C)OC(=O)N1CCc2cc(OCc3ccccc3)ccc2C1(C)C(=O)O. The molecule has 29 heavy (non-hydrogen) atoms. The number of benzene rings is 2. The lowest BCUT2D eigenvalue weighted by molar-refractivity contribution is -0.151. The van der Waals surface area contributed by atoms with Gasteiger partial charge in [0.15, 0.2) is 5.54 Å². The third-order valence-corrected chi connectivity index (χ3v) is 5.02. The van der Waals surface area contributed by atoms with Crippen molar-refractivity contribution in [2.45, 2.75) is 51.9 Å². The highest BCUT2D eigenvalue weighted by molar-refractivity contribution is 5.86. The van der Waals surface area contributed by atoms with Crippen molar-refractivity contribution in [1.82, 2.24) is 4.90 Å². The summed E-state index contributed by atoms with van der Waals surface area (Å²) in [5.41, 5.74) is 0.283. The Morgan fingerprint density at radius 3 is 2.45 bits per heavy atom. The number of carbonyl (C=O) groups is 2. The summed E-state index contributed by atoms with van der Waals surface area (Å²) in [7, 11) is 0. The Morgan fingerprint density at radius 1 is 1.14 bits per heavy atom. The summed E-state index contributed by atoms with van der Waals surface area (Å²) in [5.74, 6) is -0.423. The van der Waals surface area contributed by atoms with Crippen LogP contribution in [0.1, 0.15) is 44.4 Å². The minimum atomic E-state index is -1.51. The summed E-state index contributed by atoms with van der Waals surface area (Å²) < 4.78 is 11.3. The van der Waals surface area contributed by atoms with Crippen LogP contribution in [-0.4, -0.2) is 34.2 Å².